The molecule has 5 nitrogen and oxygen atoms in total. The van der Waals surface area contributed by atoms with Gasteiger partial charge in [-0.3, -0.25) is 9.69 Å². The number of fused-ring (bicyclic) bond motifs is 1. The first-order valence-electron chi connectivity index (χ1n) is 9.72. The maximum atomic E-state index is 13.7. The molecule has 0 saturated carbocycles. The lowest BCUT2D eigenvalue weighted by molar-refractivity contribution is -0.121. The molecular weight excluding hydrogens is 355 g/mol. The molecule has 28 heavy (non-hydrogen) atoms. The molecular formula is C22H25FN4O. The first-order valence-corrected chi connectivity index (χ1v) is 9.72. The van der Waals surface area contributed by atoms with Crippen LogP contribution in [0.3, 0.4) is 0 Å². The highest BCUT2D eigenvalue weighted by molar-refractivity contribution is 5.92. The van der Waals surface area contributed by atoms with Gasteiger partial charge in [0.05, 0.1) is 17.6 Å². The minimum atomic E-state index is -0.298. The van der Waals surface area contributed by atoms with Crippen LogP contribution in [0.15, 0.2) is 36.4 Å². The van der Waals surface area contributed by atoms with Crippen LogP contribution >= 0.6 is 0 Å². The van der Waals surface area contributed by atoms with Gasteiger partial charge in [-0.15, -0.1) is 0 Å². The Kier molecular flexibility index (Phi) is 5.13. The number of aromatic nitrogens is 2. The SMILES string of the molecule is Cc1ccc2nc(CN3CCC(C(=O)Nc4ccc(C)c(F)c4)CC3)[nH]c2c1. The molecule has 1 saturated heterocycles. The number of carbonyl (C=O) groups excluding carboxylic acids is 1. The molecule has 2 N–H and O–H groups in total. The summed E-state index contributed by atoms with van der Waals surface area (Å²) in [6, 6.07) is 11.0. The molecule has 4 rings (SSSR count). The number of halogens is 1. The average Bonchev–Trinajstić information content (AvgIpc) is 3.06. The molecule has 1 amide bonds. The number of carbonyl (C=O) groups is 1. The highest BCUT2D eigenvalue weighted by atomic mass is 19.1. The van der Waals surface area contributed by atoms with E-state index >= 15 is 0 Å². The predicted octanol–water partition coefficient (Wildman–Crippen LogP) is 4.17. The fourth-order valence-corrected chi connectivity index (χ4v) is 3.73. The number of hydrogen-bond acceptors (Lipinski definition) is 3. The topological polar surface area (TPSA) is 61.0 Å². The summed E-state index contributed by atoms with van der Waals surface area (Å²) in [5, 5.41) is 2.85. The van der Waals surface area contributed by atoms with Crippen LogP contribution < -0.4 is 5.32 Å². The van der Waals surface area contributed by atoms with Gasteiger partial charge in [0, 0.05) is 11.6 Å². The van der Waals surface area contributed by atoms with Crippen molar-refractivity contribution >= 4 is 22.6 Å². The van der Waals surface area contributed by atoms with Gasteiger partial charge in [0.25, 0.3) is 0 Å². The van der Waals surface area contributed by atoms with Crippen molar-refractivity contribution in [3.8, 4) is 0 Å². The quantitative estimate of drug-likeness (QED) is 0.714. The third kappa shape index (κ3) is 4.07. The first kappa shape index (κ1) is 18.6. The third-order valence-electron chi connectivity index (χ3n) is 5.46. The average molecular weight is 380 g/mol. The molecule has 0 unspecified atom stereocenters. The monoisotopic (exact) mass is 380 g/mol. The number of aromatic amines is 1. The molecule has 0 spiro atoms. The van der Waals surface area contributed by atoms with Crippen molar-refractivity contribution in [3.63, 3.8) is 0 Å². The van der Waals surface area contributed by atoms with Crippen molar-refractivity contribution in [1.29, 1.82) is 0 Å². The van der Waals surface area contributed by atoms with Gasteiger partial charge in [-0.1, -0.05) is 12.1 Å². The number of benzene rings is 2. The Morgan fingerprint density at radius 3 is 2.75 bits per heavy atom. The fourth-order valence-electron chi connectivity index (χ4n) is 3.73. The summed E-state index contributed by atoms with van der Waals surface area (Å²) in [7, 11) is 0. The van der Waals surface area contributed by atoms with Gasteiger partial charge in [-0.2, -0.15) is 0 Å². The second-order valence-corrected chi connectivity index (χ2v) is 7.71. The van der Waals surface area contributed by atoms with Gasteiger partial charge < -0.3 is 10.3 Å². The van der Waals surface area contributed by atoms with Crippen molar-refractivity contribution in [3.05, 3.63) is 59.2 Å². The summed E-state index contributed by atoms with van der Waals surface area (Å²) in [4.78, 5) is 22.9. The normalized spacial score (nSPS) is 15.8. The van der Waals surface area contributed by atoms with Gasteiger partial charge in [-0.05, 0) is 75.2 Å². The van der Waals surface area contributed by atoms with E-state index < -0.39 is 0 Å². The van der Waals surface area contributed by atoms with Gasteiger partial charge in [0.2, 0.25) is 5.91 Å². The summed E-state index contributed by atoms with van der Waals surface area (Å²) in [6.07, 6.45) is 1.58. The number of piperidine rings is 1. The number of H-pyrrole nitrogens is 1. The van der Waals surface area contributed by atoms with E-state index in [2.05, 4.69) is 39.2 Å². The Bertz CT molecular complexity index is 1000. The number of imidazole rings is 1. The van der Waals surface area contributed by atoms with E-state index in [1.54, 1.807) is 19.1 Å². The molecule has 1 fully saturated rings. The van der Waals surface area contributed by atoms with Gasteiger partial charge >= 0.3 is 0 Å². The molecule has 3 aromatic rings. The van der Waals surface area contributed by atoms with Crippen molar-refractivity contribution < 1.29 is 9.18 Å². The standard InChI is InChI=1S/C22H25FN4O/c1-14-3-6-19-20(11-14)26-21(25-19)13-27-9-7-16(8-10-27)22(28)24-17-5-4-15(2)18(23)12-17/h3-6,11-12,16H,7-10,13H2,1-2H3,(H,24,28)(H,25,26). The Morgan fingerprint density at radius 1 is 1.21 bits per heavy atom. The number of rotatable bonds is 4. The summed E-state index contributed by atoms with van der Waals surface area (Å²) in [5.41, 5.74) is 4.36. The van der Waals surface area contributed by atoms with Crippen molar-refractivity contribution in [2.45, 2.75) is 33.2 Å². The molecule has 2 heterocycles. The molecule has 6 heteroatoms. The third-order valence-corrected chi connectivity index (χ3v) is 5.46. The highest BCUT2D eigenvalue weighted by Gasteiger charge is 2.25. The number of aryl methyl sites for hydroxylation is 2. The zero-order valence-electron chi connectivity index (χ0n) is 16.3. The Hall–Kier alpha value is -2.73. The molecule has 2 aromatic carbocycles. The number of nitrogens with one attached hydrogen (secondary N) is 2. The van der Waals surface area contributed by atoms with Crippen LogP contribution in [0.5, 0.6) is 0 Å². The van der Waals surface area contributed by atoms with Gasteiger partial charge in [-0.25, -0.2) is 9.37 Å². The lowest BCUT2D eigenvalue weighted by Crippen LogP contribution is -2.38. The van der Waals surface area contributed by atoms with Crippen molar-refractivity contribution in [1.82, 2.24) is 14.9 Å². The maximum absolute atomic E-state index is 13.7. The van der Waals surface area contributed by atoms with E-state index in [0.717, 1.165) is 49.3 Å². The zero-order chi connectivity index (χ0) is 19.7. The van der Waals surface area contributed by atoms with E-state index in [1.165, 1.54) is 11.6 Å². The summed E-state index contributed by atoms with van der Waals surface area (Å²) in [5.74, 6) is 0.591. The van der Waals surface area contributed by atoms with Crippen LogP contribution in [-0.4, -0.2) is 33.9 Å². The number of nitrogens with zero attached hydrogens (tertiary/aromatic N) is 2. The molecule has 1 aliphatic heterocycles. The summed E-state index contributed by atoms with van der Waals surface area (Å²) >= 11 is 0. The van der Waals surface area contributed by atoms with Crippen LogP contribution in [0, 0.1) is 25.6 Å². The summed E-state index contributed by atoms with van der Waals surface area (Å²) < 4.78 is 13.7. The van der Waals surface area contributed by atoms with Crippen LogP contribution in [0.1, 0.15) is 29.8 Å². The molecule has 0 aliphatic carbocycles. The van der Waals surface area contributed by atoms with E-state index in [-0.39, 0.29) is 17.6 Å². The van der Waals surface area contributed by atoms with E-state index in [1.807, 2.05) is 6.07 Å². The number of hydrogen-bond donors (Lipinski definition) is 2. The first-order chi connectivity index (χ1) is 13.5. The highest BCUT2D eigenvalue weighted by Crippen LogP contribution is 2.22. The van der Waals surface area contributed by atoms with E-state index in [4.69, 9.17) is 0 Å². The molecule has 1 aliphatic rings. The van der Waals surface area contributed by atoms with Crippen molar-refractivity contribution in [2.24, 2.45) is 5.92 Å². The van der Waals surface area contributed by atoms with Crippen LogP contribution in [0.4, 0.5) is 10.1 Å². The molecule has 146 valence electrons. The zero-order valence-corrected chi connectivity index (χ0v) is 16.3. The van der Waals surface area contributed by atoms with Crippen LogP contribution in [0.25, 0.3) is 11.0 Å². The predicted molar refractivity (Wildman–Crippen MR) is 109 cm³/mol. The minimum Gasteiger partial charge on any atom is -0.341 e. The maximum Gasteiger partial charge on any atom is 0.227 e. The van der Waals surface area contributed by atoms with E-state index in [0.29, 0.717) is 11.3 Å². The number of likely N-dealkylation sites (tertiary alicyclic amines) is 1. The minimum absolute atomic E-state index is 0.0258. The van der Waals surface area contributed by atoms with Crippen molar-refractivity contribution in [2.75, 3.05) is 18.4 Å². The lowest BCUT2D eigenvalue weighted by Gasteiger charge is -2.30. The smallest absolute Gasteiger partial charge is 0.227 e. The molecule has 0 atom stereocenters. The number of amides is 1. The Labute approximate surface area is 164 Å². The second kappa shape index (κ2) is 7.72. The molecule has 0 bridgehead atoms. The van der Waals surface area contributed by atoms with Crippen LogP contribution in [0.2, 0.25) is 0 Å². The van der Waals surface area contributed by atoms with Crippen LogP contribution in [-0.2, 0) is 11.3 Å². The Balaban J connectivity index is 1.32. The Morgan fingerprint density at radius 2 is 2.00 bits per heavy atom. The van der Waals surface area contributed by atoms with Gasteiger partial charge in [0.1, 0.15) is 11.6 Å². The lowest BCUT2D eigenvalue weighted by atomic mass is 9.95. The van der Waals surface area contributed by atoms with Gasteiger partial charge in [0.15, 0.2) is 0 Å². The second-order valence-electron chi connectivity index (χ2n) is 7.71. The summed E-state index contributed by atoms with van der Waals surface area (Å²) in [6.45, 7) is 6.22. The number of anilines is 1. The fraction of sp³-hybridized carbons (Fsp3) is 0.364. The molecule has 1 aromatic heterocycles. The van der Waals surface area contributed by atoms with E-state index in [9.17, 15) is 9.18 Å². The molecule has 0 radical (unpaired) electrons. The largest absolute Gasteiger partial charge is 0.341 e.